The number of hydrogen-bond donors (Lipinski definition) is 0. The van der Waals surface area contributed by atoms with Crippen LogP contribution in [-0.4, -0.2) is 19.5 Å². The maximum atomic E-state index is 5.52. The van der Waals surface area contributed by atoms with E-state index in [0.29, 0.717) is 5.92 Å². The average Bonchev–Trinajstić information content (AvgIpc) is 2.20. The number of ether oxygens (including phenoxy) is 2. The highest BCUT2D eigenvalue weighted by Gasteiger charge is 2.27. The first-order chi connectivity index (χ1) is 6.36. The zero-order chi connectivity index (χ0) is 9.10. The minimum atomic E-state index is 0.0276. The molecule has 2 nitrogen and oxygen atoms in total. The fourth-order valence-electron chi connectivity index (χ4n) is 2.49. The van der Waals surface area contributed by atoms with Gasteiger partial charge in [-0.05, 0) is 12.8 Å². The van der Waals surface area contributed by atoms with Crippen LogP contribution < -0.4 is 0 Å². The first-order valence-electron chi connectivity index (χ1n) is 5.59. The van der Waals surface area contributed by atoms with Crippen LogP contribution in [0.2, 0.25) is 0 Å². The van der Waals surface area contributed by atoms with Crippen molar-refractivity contribution in [1.29, 1.82) is 0 Å². The van der Waals surface area contributed by atoms with Gasteiger partial charge in [-0.15, -0.1) is 0 Å². The predicted octanol–water partition coefficient (Wildman–Crippen LogP) is 2.58. The van der Waals surface area contributed by atoms with Crippen molar-refractivity contribution in [3.63, 3.8) is 0 Å². The first-order valence-corrected chi connectivity index (χ1v) is 5.59. The van der Waals surface area contributed by atoms with E-state index in [4.69, 9.17) is 9.47 Å². The fraction of sp³-hybridized carbons (Fsp3) is 1.00. The summed E-state index contributed by atoms with van der Waals surface area (Å²) in [5.74, 6) is 1.55. The van der Waals surface area contributed by atoms with Crippen molar-refractivity contribution in [1.82, 2.24) is 0 Å². The molecule has 0 aromatic carbocycles. The SMILES string of the molecule is CC1OCC(C2CCCCC2)CO1. The van der Waals surface area contributed by atoms with Crippen LogP contribution >= 0.6 is 0 Å². The van der Waals surface area contributed by atoms with E-state index in [0.717, 1.165) is 19.1 Å². The van der Waals surface area contributed by atoms with Gasteiger partial charge in [-0.1, -0.05) is 32.1 Å². The molecule has 0 aromatic heterocycles. The van der Waals surface area contributed by atoms with Crippen LogP contribution in [0.25, 0.3) is 0 Å². The van der Waals surface area contributed by atoms with Crippen molar-refractivity contribution in [2.24, 2.45) is 11.8 Å². The molecule has 2 fully saturated rings. The van der Waals surface area contributed by atoms with Crippen molar-refractivity contribution >= 4 is 0 Å². The molecule has 0 unspecified atom stereocenters. The van der Waals surface area contributed by atoms with E-state index >= 15 is 0 Å². The smallest absolute Gasteiger partial charge is 0.154 e. The lowest BCUT2D eigenvalue weighted by molar-refractivity contribution is -0.200. The van der Waals surface area contributed by atoms with E-state index < -0.39 is 0 Å². The third-order valence-electron chi connectivity index (χ3n) is 3.41. The molecule has 0 N–H and O–H groups in total. The van der Waals surface area contributed by atoms with Gasteiger partial charge in [0, 0.05) is 5.92 Å². The van der Waals surface area contributed by atoms with E-state index in [1.807, 2.05) is 6.92 Å². The van der Waals surface area contributed by atoms with Gasteiger partial charge in [0.2, 0.25) is 0 Å². The molecule has 0 spiro atoms. The van der Waals surface area contributed by atoms with Crippen LogP contribution in [0, 0.1) is 11.8 Å². The van der Waals surface area contributed by atoms with Gasteiger partial charge in [-0.2, -0.15) is 0 Å². The van der Waals surface area contributed by atoms with E-state index in [9.17, 15) is 0 Å². The summed E-state index contributed by atoms with van der Waals surface area (Å²) in [4.78, 5) is 0. The van der Waals surface area contributed by atoms with Crippen LogP contribution in [0.3, 0.4) is 0 Å². The summed E-state index contributed by atoms with van der Waals surface area (Å²) in [7, 11) is 0. The Kier molecular flexibility index (Phi) is 3.23. The molecule has 0 aromatic rings. The van der Waals surface area contributed by atoms with E-state index in [2.05, 4.69) is 0 Å². The fourth-order valence-corrected chi connectivity index (χ4v) is 2.49. The Bertz CT molecular complexity index is 144. The Labute approximate surface area is 80.6 Å². The molecule has 0 bridgehead atoms. The highest BCUT2D eigenvalue weighted by molar-refractivity contribution is 4.75. The highest BCUT2D eigenvalue weighted by Crippen LogP contribution is 2.32. The van der Waals surface area contributed by atoms with Crippen molar-refractivity contribution in [2.45, 2.75) is 45.3 Å². The standard InChI is InChI=1S/C11H20O2/c1-9-12-7-11(8-13-9)10-5-3-2-4-6-10/h9-11H,2-8H2,1H3. The lowest BCUT2D eigenvalue weighted by atomic mass is 9.80. The molecule has 2 aliphatic rings. The molecule has 2 rings (SSSR count). The molecule has 0 radical (unpaired) electrons. The van der Waals surface area contributed by atoms with E-state index in [1.54, 1.807) is 0 Å². The Morgan fingerprint density at radius 2 is 1.46 bits per heavy atom. The Morgan fingerprint density at radius 3 is 2.08 bits per heavy atom. The normalized spacial score (nSPS) is 37.6. The monoisotopic (exact) mass is 184 g/mol. The second-order valence-electron chi connectivity index (χ2n) is 4.39. The molecular weight excluding hydrogens is 164 g/mol. The van der Waals surface area contributed by atoms with Crippen LogP contribution in [0.1, 0.15) is 39.0 Å². The van der Waals surface area contributed by atoms with Crippen LogP contribution in [-0.2, 0) is 9.47 Å². The van der Waals surface area contributed by atoms with Gasteiger partial charge in [0.1, 0.15) is 0 Å². The minimum absolute atomic E-state index is 0.0276. The van der Waals surface area contributed by atoms with Gasteiger partial charge in [0.05, 0.1) is 13.2 Å². The van der Waals surface area contributed by atoms with Crippen LogP contribution in [0.15, 0.2) is 0 Å². The maximum absolute atomic E-state index is 5.52. The van der Waals surface area contributed by atoms with Gasteiger partial charge in [-0.25, -0.2) is 0 Å². The van der Waals surface area contributed by atoms with Gasteiger partial charge in [-0.3, -0.25) is 0 Å². The average molecular weight is 184 g/mol. The second kappa shape index (κ2) is 4.43. The lowest BCUT2D eigenvalue weighted by Gasteiger charge is -2.34. The Balaban J connectivity index is 1.79. The molecule has 0 amide bonds. The van der Waals surface area contributed by atoms with Crippen molar-refractivity contribution < 1.29 is 9.47 Å². The quantitative estimate of drug-likeness (QED) is 0.623. The van der Waals surface area contributed by atoms with Crippen molar-refractivity contribution in [3.8, 4) is 0 Å². The van der Waals surface area contributed by atoms with Gasteiger partial charge in [0.15, 0.2) is 6.29 Å². The summed E-state index contributed by atoms with van der Waals surface area (Å²) in [6, 6.07) is 0. The molecule has 1 aliphatic carbocycles. The molecule has 0 atom stereocenters. The molecule has 76 valence electrons. The zero-order valence-corrected chi connectivity index (χ0v) is 8.50. The third-order valence-corrected chi connectivity index (χ3v) is 3.41. The van der Waals surface area contributed by atoms with Crippen molar-refractivity contribution in [3.05, 3.63) is 0 Å². The van der Waals surface area contributed by atoms with Gasteiger partial charge < -0.3 is 9.47 Å². The molecular formula is C11H20O2. The van der Waals surface area contributed by atoms with Crippen LogP contribution in [0.4, 0.5) is 0 Å². The summed E-state index contributed by atoms with van der Waals surface area (Å²) < 4.78 is 11.0. The van der Waals surface area contributed by atoms with Crippen LogP contribution in [0.5, 0.6) is 0 Å². The largest absolute Gasteiger partial charge is 0.353 e. The summed E-state index contributed by atoms with van der Waals surface area (Å²) in [5.41, 5.74) is 0. The molecule has 2 heteroatoms. The van der Waals surface area contributed by atoms with Gasteiger partial charge in [0.25, 0.3) is 0 Å². The predicted molar refractivity (Wildman–Crippen MR) is 51.4 cm³/mol. The summed E-state index contributed by atoms with van der Waals surface area (Å²) in [5, 5.41) is 0. The molecule has 1 saturated heterocycles. The topological polar surface area (TPSA) is 18.5 Å². The third kappa shape index (κ3) is 2.44. The Morgan fingerprint density at radius 1 is 0.846 bits per heavy atom. The summed E-state index contributed by atoms with van der Waals surface area (Å²) in [6.07, 6.45) is 7.08. The first kappa shape index (κ1) is 9.47. The number of rotatable bonds is 1. The number of hydrogen-bond acceptors (Lipinski definition) is 2. The highest BCUT2D eigenvalue weighted by atomic mass is 16.7. The minimum Gasteiger partial charge on any atom is -0.353 e. The molecule has 13 heavy (non-hydrogen) atoms. The second-order valence-corrected chi connectivity index (χ2v) is 4.39. The molecule has 1 heterocycles. The maximum Gasteiger partial charge on any atom is 0.154 e. The molecule has 1 saturated carbocycles. The van der Waals surface area contributed by atoms with E-state index in [1.165, 1.54) is 32.1 Å². The molecule has 1 aliphatic heterocycles. The van der Waals surface area contributed by atoms with Gasteiger partial charge >= 0.3 is 0 Å². The zero-order valence-electron chi connectivity index (χ0n) is 8.50. The Hall–Kier alpha value is -0.0800. The van der Waals surface area contributed by atoms with E-state index in [-0.39, 0.29) is 6.29 Å². The summed E-state index contributed by atoms with van der Waals surface area (Å²) in [6.45, 7) is 3.83. The lowest BCUT2D eigenvalue weighted by Crippen LogP contribution is -2.35. The summed E-state index contributed by atoms with van der Waals surface area (Å²) >= 11 is 0. The van der Waals surface area contributed by atoms with Crippen molar-refractivity contribution in [2.75, 3.05) is 13.2 Å².